The molecule has 1 heterocycles. The lowest BCUT2D eigenvalue weighted by Crippen LogP contribution is -2.01. The molecule has 1 aromatic heterocycles. The number of hydrogen-bond acceptors (Lipinski definition) is 3. The third-order valence-corrected chi connectivity index (χ3v) is 3.15. The highest BCUT2D eigenvalue weighted by atomic mass is 16.5. The zero-order valence-corrected chi connectivity index (χ0v) is 11.9. The number of aliphatic carboxylic acids is 1. The molecule has 0 radical (unpaired) electrons. The second-order valence-corrected chi connectivity index (χ2v) is 4.90. The smallest absolute Gasteiger partial charge is 0.307 e. The van der Waals surface area contributed by atoms with Crippen LogP contribution in [0.15, 0.2) is 48.8 Å². The fourth-order valence-electron chi connectivity index (χ4n) is 2.05. The summed E-state index contributed by atoms with van der Waals surface area (Å²) in [6, 6.07) is 11.5. The zero-order chi connectivity index (χ0) is 14.9. The molecule has 0 saturated carbocycles. The van der Waals surface area contributed by atoms with Gasteiger partial charge in [-0.2, -0.15) is 0 Å². The van der Waals surface area contributed by atoms with E-state index >= 15 is 0 Å². The summed E-state index contributed by atoms with van der Waals surface area (Å²) >= 11 is 0. The van der Waals surface area contributed by atoms with Crippen molar-refractivity contribution in [2.75, 3.05) is 6.61 Å². The van der Waals surface area contributed by atoms with Crippen molar-refractivity contribution in [2.45, 2.75) is 25.9 Å². The van der Waals surface area contributed by atoms with Gasteiger partial charge in [0.25, 0.3) is 0 Å². The number of nitrogens with zero attached hydrogens (tertiary/aromatic N) is 1. The largest absolute Gasteiger partial charge is 0.481 e. The third kappa shape index (κ3) is 5.75. The van der Waals surface area contributed by atoms with Crippen LogP contribution in [0.2, 0.25) is 0 Å². The SMILES string of the molecule is O=C(O)Cc1ccc(COCCCc2ccncc2)cc1. The standard InChI is InChI=1S/C17H19NO3/c19-17(20)12-15-3-5-16(6-4-15)13-21-11-1-2-14-7-9-18-10-8-14/h3-10H,1-2,11-13H2,(H,19,20). The predicted octanol–water partition coefficient (Wildman–Crippen LogP) is 2.86. The minimum absolute atomic E-state index is 0.0626. The number of rotatable bonds is 8. The van der Waals surface area contributed by atoms with Gasteiger partial charge in [-0.05, 0) is 41.7 Å². The Morgan fingerprint density at radius 1 is 1.00 bits per heavy atom. The maximum Gasteiger partial charge on any atom is 0.307 e. The van der Waals surface area contributed by atoms with Crippen molar-refractivity contribution >= 4 is 5.97 Å². The first kappa shape index (κ1) is 15.2. The van der Waals surface area contributed by atoms with Gasteiger partial charge in [-0.25, -0.2) is 0 Å². The van der Waals surface area contributed by atoms with Crippen molar-refractivity contribution in [1.29, 1.82) is 0 Å². The van der Waals surface area contributed by atoms with Crippen molar-refractivity contribution in [1.82, 2.24) is 4.98 Å². The second kappa shape index (κ2) is 8.17. The molecule has 0 spiro atoms. The van der Waals surface area contributed by atoms with Crippen molar-refractivity contribution in [3.05, 3.63) is 65.5 Å². The molecule has 0 unspecified atom stereocenters. The first-order chi connectivity index (χ1) is 10.2. The molecule has 0 atom stereocenters. The van der Waals surface area contributed by atoms with E-state index in [1.54, 1.807) is 12.4 Å². The molecule has 0 aliphatic rings. The van der Waals surface area contributed by atoms with Crippen LogP contribution >= 0.6 is 0 Å². The number of hydrogen-bond donors (Lipinski definition) is 1. The summed E-state index contributed by atoms with van der Waals surface area (Å²) in [4.78, 5) is 14.6. The highest BCUT2D eigenvalue weighted by Crippen LogP contribution is 2.07. The van der Waals surface area contributed by atoms with E-state index in [2.05, 4.69) is 4.98 Å². The number of aryl methyl sites for hydroxylation is 1. The fourth-order valence-corrected chi connectivity index (χ4v) is 2.05. The Morgan fingerprint density at radius 2 is 1.67 bits per heavy atom. The van der Waals surface area contributed by atoms with E-state index in [0.717, 1.165) is 24.0 Å². The number of carboxylic acid groups (broad SMARTS) is 1. The zero-order valence-electron chi connectivity index (χ0n) is 11.9. The molecule has 2 aromatic rings. The number of carboxylic acids is 1. The normalized spacial score (nSPS) is 10.5. The molecule has 1 aromatic carbocycles. The van der Waals surface area contributed by atoms with Gasteiger partial charge in [0.1, 0.15) is 0 Å². The Morgan fingerprint density at radius 3 is 2.33 bits per heavy atom. The van der Waals surface area contributed by atoms with Crippen LogP contribution in [0.4, 0.5) is 0 Å². The van der Waals surface area contributed by atoms with Crippen LogP contribution in [0.25, 0.3) is 0 Å². The van der Waals surface area contributed by atoms with E-state index in [0.29, 0.717) is 13.2 Å². The molecule has 0 amide bonds. The van der Waals surface area contributed by atoms with E-state index in [1.165, 1.54) is 5.56 Å². The molecule has 2 rings (SSSR count). The van der Waals surface area contributed by atoms with Crippen molar-refractivity contribution in [2.24, 2.45) is 0 Å². The van der Waals surface area contributed by atoms with E-state index < -0.39 is 5.97 Å². The van der Waals surface area contributed by atoms with E-state index in [4.69, 9.17) is 9.84 Å². The van der Waals surface area contributed by atoms with Crippen LogP contribution in [-0.2, 0) is 29.0 Å². The number of pyridine rings is 1. The summed E-state index contributed by atoms with van der Waals surface area (Å²) in [6.07, 6.45) is 5.62. The van der Waals surface area contributed by atoms with Gasteiger partial charge in [0.2, 0.25) is 0 Å². The lowest BCUT2D eigenvalue weighted by molar-refractivity contribution is -0.136. The Bertz CT molecular complexity index is 552. The highest BCUT2D eigenvalue weighted by Gasteiger charge is 2.00. The van der Waals surface area contributed by atoms with Crippen molar-refractivity contribution in [3.63, 3.8) is 0 Å². The second-order valence-electron chi connectivity index (χ2n) is 4.90. The van der Waals surface area contributed by atoms with Crippen LogP contribution in [0.1, 0.15) is 23.1 Å². The van der Waals surface area contributed by atoms with Crippen LogP contribution in [0, 0.1) is 0 Å². The Labute approximate surface area is 124 Å². The number of carbonyl (C=O) groups is 1. The molecule has 0 aliphatic carbocycles. The average Bonchev–Trinajstić information content (AvgIpc) is 2.49. The van der Waals surface area contributed by atoms with Gasteiger partial charge in [-0.1, -0.05) is 24.3 Å². The lowest BCUT2D eigenvalue weighted by atomic mass is 10.1. The predicted molar refractivity (Wildman–Crippen MR) is 80.0 cm³/mol. The lowest BCUT2D eigenvalue weighted by Gasteiger charge is -2.05. The summed E-state index contributed by atoms with van der Waals surface area (Å²) in [6.45, 7) is 1.27. The summed E-state index contributed by atoms with van der Waals surface area (Å²) < 4.78 is 5.63. The monoisotopic (exact) mass is 285 g/mol. The molecule has 0 bridgehead atoms. The molecule has 4 heteroatoms. The molecule has 1 N–H and O–H groups in total. The molecular formula is C17H19NO3. The van der Waals surface area contributed by atoms with E-state index in [9.17, 15) is 4.79 Å². The first-order valence-electron chi connectivity index (χ1n) is 7.00. The van der Waals surface area contributed by atoms with Gasteiger partial charge in [-0.15, -0.1) is 0 Å². The van der Waals surface area contributed by atoms with Gasteiger partial charge >= 0.3 is 5.97 Å². The fraction of sp³-hybridized carbons (Fsp3) is 0.294. The van der Waals surface area contributed by atoms with Crippen LogP contribution in [0.5, 0.6) is 0 Å². The van der Waals surface area contributed by atoms with Gasteiger partial charge < -0.3 is 9.84 Å². The number of aromatic nitrogens is 1. The van der Waals surface area contributed by atoms with Crippen molar-refractivity contribution in [3.8, 4) is 0 Å². The number of ether oxygens (including phenoxy) is 1. The third-order valence-electron chi connectivity index (χ3n) is 3.15. The minimum Gasteiger partial charge on any atom is -0.481 e. The van der Waals surface area contributed by atoms with Crippen LogP contribution < -0.4 is 0 Å². The maximum atomic E-state index is 10.6. The molecule has 0 aliphatic heterocycles. The maximum absolute atomic E-state index is 10.6. The molecule has 21 heavy (non-hydrogen) atoms. The summed E-state index contributed by atoms with van der Waals surface area (Å²) in [5.74, 6) is -0.810. The van der Waals surface area contributed by atoms with Gasteiger partial charge in [0.05, 0.1) is 13.0 Å². The molecule has 0 saturated heterocycles. The number of benzene rings is 1. The van der Waals surface area contributed by atoms with Crippen molar-refractivity contribution < 1.29 is 14.6 Å². The van der Waals surface area contributed by atoms with E-state index in [-0.39, 0.29) is 6.42 Å². The minimum atomic E-state index is -0.810. The summed E-state index contributed by atoms with van der Waals surface area (Å²) in [5.41, 5.74) is 3.14. The van der Waals surface area contributed by atoms with Gasteiger partial charge in [0.15, 0.2) is 0 Å². The van der Waals surface area contributed by atoms with Gasteiger partial charge in [0, 0.05) is 19.0 Å². The van der Waals surface area contributed by atoms with E-state index in [1.807, 2.05) is 36.4 Å². The average molecular weight is 285 g/mol. The van der Waals surface area contributed by atoms with Crippen LogP contribution in [0.3, 0.4) is 0 Å². The highest BCUT2D eigenvalue weighted by molar-refractivity contribution is 5.70. The van der Waals surface area contributed by atoms with Crippen LogP contribution in [-0.4, -0.2) is 22.7 Å². The summed E-state index contributed by atoms with van der Waals surface area (Å²) in [7, 11) is 0. The first-order valence-corrected chi connectivity index (χ1v) is 7.00. The Hall–Kier alpha value is -2.20. The summed E-state index contributed by atoms with van der Waals surface area (Å²) in [5, 5.41) is 8.70. The quantitative estimate of drug-likeness (QED) is 0.758. The topological polar surface area (TPSA) is 59.4 Å². The Kier molecular flexibility index (Phi) is 5.91. The molecule has 0 fully saturated rings. The van der Waals surface area contributed by atoms with Gasteiger partial charge in [-0.3, -0.25) is 9.78 Å². The molecular weight excluding hydrogens is 266 g/mol. The Balaban J connectivity index is 1.65. The molecule has 4 nitrogen and oxygen atoms in total. The molecule has 110 valence electrons.